The van der Waals surface area contributed by atoms with Gasteiger partial charge in [-0.05, 0) is 24.0 Å². The van der Waals surface area contributed by atoms with Gasteiger partial charge in [0, 0.05) is 17.2 Å². The van der Waals surface area contributed by atoms with Crippen molar-refractivity contribution in [1.82, 2.24) is 0 Å². The Morgan fingerprint density at radius 2 is 1.56 bits per heavy atom. The molecule has 3 N–H and O–H groups in total. The third kappa shape index (κ3) is 5.17. The van der Waals surface area contributed by atoms with E-state index in [1.54, 1.807) is 0 Å². The van der Waals surface area contributed by atoms with Crippen LogP contribution < -0.4 is 10.6 Å². The van der Waals surface area contributed by atoms with Crippen LogP contribution >= 0.6 is 0 Å². The number of carbonyl (C=O) groups excluding carboxylic acids is 1. The van der Waals surface area contributed by atoms with E-state index >= 15 is 0 Å². The van der Waals surface area contributed by atoms with E-state index < -0.39 is 0 Å². The fourth-order valence-electron chi connectivity index (χ4n) is 3.30. The molecular weight excluding hydrogens is 308 g/mol. The summed E-state index contributed by atoms with van der Waals surface area (Å²) >= 11 is 0. The molecule has 0 radical (unpaired) electrons. The van der Waals surface area contributed by atoms with Crippen LogP contribution in [0.3, 0.4) is 0 Å². The number of rotatable bonds is 8. The number of benzene rings is 2. The van der Waals surface area contributed by atoms with Crippen LogP contribution in [0.2, 0.25) is 0 Å². The van der Waals surface area contributed by atoms with Gasteiger partial charge in [-0.15, -0.1) is 0 Å². The van der Waals surface area contributed by atoms with Crippen molar-refractivity contribution in [1.29, 1.82) is 0 Å². The summed E-state index contributed by atoms with van der Waals surface area (Å²) in [7, 11) is 0. The maximum Gasteiger partial charge on any atom is 0.279 e. The topological polar surface area (TPSA) is 45.7 Å². The molecule has 134 valence electrons. The van der Waals surface area contributed by atoms with Crippen LogP contribution in [0, 0.1) is 5.92 Å². The molecule has 0 heterocycles. The van der Waals surface area contributed by atoms with Gasteiger partial charge >= 0.3 is 0 Å². The molecule has 25 heavy (non-hydrogen) atoms. The number of para-hydroxylation sites is 1. The van der Waals surface area contributed by atoms with Crippen LogP contribution in [0.1, 0.15) is 50.4 Å². The molecule has 3 nitrogen and oxygen atoms in total. The Hall–Kier alpha value is -2.13. The van der Waals surface area contributed by atoms with Gasteiger partial charge in [0.25, 0.3) is 5.91 Å². The molecule has 1 atom stereocenters. The highest BCUT2D eigenvalue weighted by Gasteiger charge is 2.20. The van der Waals surface area contributed by atoms with Gasteiger partial charge in [-0.25, -0.2) is 0 Å². The summed E-state index contributed by atoms with van der Waals surface area (Å²) in [4.78, 5) is 12.6. The van der Waals surface area contributed by atoms with Gasteiger partial charge in [0.2, 0.25) is 0 Å². The van der Waals surface area contributed by atoms with Gasteiger partial charge in [0.15, 0.2) is 6.54 Å². The second kappa shape index (κ2) is 9.38. The number of quaternary nitrogens is 1. The zero-order chi connectivity index (χ0) is 18.2. The number of hydrogen-bond donors (Lipinski definition) is 2. The number of aryl methyl sites for hydroxylation is 2. The second-order valence-corrected chi connectivity index (χ2v) is 6.83. The predicted octanol–water partition coefficient (Wildman–Crippen LogP) is 3.71. The molecule has 0 saturated heterocycles. The first kappa shape index (κ1) is 19.2. The van der Waals surface area contributed by atoms with Crippen molar-refractivity contribution in [2.45, 2.75) is 46.6 Å². The highest BCUT2D eigenvalue weighted by Crippen LogP contribution is 2.22. The summed E-state index contributed by atoms with van der Waals surface area (Å²) in [6.07, 6.45) is 1.84. The molecule has 0 fully saturated rings. The van der Waals surface area contributed by atoms with Gasteiger partial charge in [-0.2, -0.15) is 0 Å². The molecule has 3 heteroatoms. The molecule has 2 rings (SSSR count). The monoisotopic (exact) mass is 339 g/mol. The minimum Gasteiger partial charge on any atom is -0.332 e. The number of nitrogens with one attached hydrogen (secondary N) is 1. The Morgan fingerprint density at radius 3 is 2.08 bits per heavy atom. The zero-order valence-corrected chi connectivity index (χ0v) is 15.9. The van der Waals surface area contributed by atoms with Crippen molar-refractivity contribution in [3.63, 3.8) is 0 Å². The molecular formula is C22H31N2O+. The molecule has 0 spiro atoms. The summed E-state index contributed by atoms with van der Waals surface area (Å²) in [6, 6.07) is 17.0. The van der Waals surface area contributed by atoms with Gasteiger partial charge in [0.1, 0.15) is 6.04 Å². The standard InChI is InChI=1S/C22H30N2O/c1-5-17-13-10-14-18(6-2)22(17)24-20(25)15-23-21(16(3)4)19-11-8-7-9-12-19/h7-14,16,21,23H,5-6,15H2,1-4H3,(H,24,25)/p+1/t21-/m0/s1. The fraction of sp³-hybridized carbons (Fsp3) is 0.409. The minimum atomic E-state index is 0.0668. The summed E-state index contributed by atoms with van der Waals surface area (Å²) in [5, 5.41) is 5.30. The Morgan fingerprint density at radius 1 is 0.960 bits per heavy atom. The van der Waals surface area contributed by atoms with Gasteiger partial charge in [-0.3, -0.25) is 4.79 Å². The lowest BCUT2D eigenvalue weighted by atomic mass is 9.96. The fourth-order valence-corrected chi connectivity index (χ4v) is 3.30. The Kier molecular flexibility index (Phi) is 7.20. The van der Waals surface area contributed by atoms with Gasteiger partial charge < -0.3 is 10.6 Å². The highest BCUT2D eigenvalue weighted by molar-refractivity contribution is 5.93. The van der Waals surface area contributed by atoms with Crippen LogP contribution in [0.5, 0.6) is 0 Å². The van der Waals surface area contributed by atoms with Crippen molar-refractivity contribution >= 4 is 11.6 Å². The molecule has 0 bridgehead atoms. The Labute approximate surface area is 151 Å². The summed E-state index contributed by atoms with van der Waals surface area (Å²) in [6.45, 7) is 9.09. The van der Waals surface area contributed by atoms with E-state index in [1.807, 2.05) is 6.07 Å². The smallest absolute Gasteiger partial charge is 0.279 e. The molecule has 2 aromatic rings. The first-order valence-corrected chi connectivity index (χ1v) is 9.35. The lowest BCUT2D eigenvalue weighted by Crippen LogP contribution is -2.88. The molecule has 0 aliphatic heterocycles. The molecule has 0 saturated carbocycles. The van der Waals surface area contributed by atoms with E-state index in [4.69, 9.17) is 0 Å². The minimum absolute atomic E-state index is 0.0668. The number of carbonyl (C=O) groups is 1. The van der Waals surface area contributed by atoms with E-state index in [-0.39, 0.29) is 5.91 Å². The summed E-state index contributed by atoms with van der Waals surface area (Å²) < 4.78 is 0. The van der Waals surface area contributed by atoms with E-state index in [2.05, 4.69) is 80.8 Å². The molecule has 0 unspecified atom stereocenters. The van der Waals surface area contributed by atoms with Crippen LogP contribution in [-0.4, -0.2) is 12.5 Å². The Balaban J connectivity index is 2.05. The van der Waals surface area contributed by atoms with Crippen molar-refractivity contribution < 1.29 is 10.1 Å². The van der Waals surface area contributed by atoms with Crippen molar-refractivity contribution in [3.05, 3.63) is 65.2 Å². The van der Waals surface area contributed by atoms with E-state index in [1.165, 1.54) is 16.7 Å². The summed E-state index contributed by atoms with van der Waals surface area (Å²) in [5.74, 6) is 0.529. The molecule has 2 aromatic carbocycles. The molecule has 0 aliphatic rings. The molecule has 0 aliphatic carbocycles. The van der Waals surface area contributed by atoms with Crippen LogP contribution in [0.15, 0.2) is 48.5 Å². The Bertz CT molecular complexity index is 657. The normalized spacial score (nSPS) is 12.2. The third-order valence-corrected chi connectivity index (χ3v) is 4.72. The number of amides is 1. The number of anilines is 1. The van der Waals surface area contributed by atoms with Crippen molar-refractivity contribution in [2.24, 2.45) is 5.92 Å². The number of nitrogens with two attached hydrogens (primary N) is 1. The zero-order valence-electron chi connectivity index (χ0n) is 15.9. The average molecular weight is 340 g/mol. The van der Waals surface area contributed by atoms with Crippen molar-refractivity contribution in [2.75, 3.05) is 11.9 Å². The van der Waals surface area contributed by atoms with Crippen molar-refractivity contribution in [3.8, 4) is 0 Å². The largest absolute Gasteiger partial charge is 0.332 e. The van der Waals surface area contributed by atoms with Crippen LogP contribution in [0.25, 0.3) is 0 Å². The highest BCUT2D eigenvalue weighted by atomic mass is 16.1. The van der Waals surface area contributed by atoms with E-state index in [0.717, 1.165) is 18.5 Å². The SMILES string of the molecule is CCc1cccc(CC)c1NC(=O)C[NH2+][C@H](c1ccccc1)C(C)C. The van der Waals surface area contributed by atoms with Gasteiger partial charge in [-0.1, -0.05) is 76.2 Å². The molecule has 0 aromatic heterocycles. The van der Waals surface area contributed by atoms with Gasteiger partial charge in [0.05, 0.1) is 0 Å². The van der Waals surface area contributed by atoms with E-state index in [9.17, 15) is 4.79 Å². The van der Waals surface area contributed by atoms with Crippen LogP contribution in [0.4, 0.5) is 5.69 Å². The molecule has 1 amide bonds. The maximum atomic E-state index is 12.6. The van der Waals surface area contributed by atoms with E-state index in [0.29, 0.717) is 18.5 Å². The number of hydrogen-bond acceptors (Lipinski definition) is 1. The predicted molar refractivity (Wildman–Crippen MR) is 105 cm³/mol. The first-order chi connectivity index (χ1) is 12.1. The summed E-state index contributed by atoms with van der Waals surface area (Å²) in [5.41, 5.74) is 4.69. The quantitative estimate of drug-likeness (QED) is 0.756. The first-order valence-electron chi connectivity index (χ1n) is 9.35. The lowest BCUT2D eigenvalue weighted by molar-refractivity contribution is -0.692. The third-order valence-electron chi connectivity index (χ3n) is 4.72. The maximum absolute atomic E-state index is 12.6. The lowest BCUT2D eigenvalue weighted by Gasteiger charge is -2.20. The van der Waals surface area contributed by atoms with Crippen LogP contribution in [-0.2, 0) is 17.6 Å². The second-order valence-electron chi connectivity index (χ2n) is 6.83. The average Bonchev–Trinajstić information content (AvgIpc) is 2.62.